The van der Waals surface area contributed by atoms with E-state index in [-0.39, 0.29) is 0 Å². The summed E-state index contributed by atoms with van der Waals surface area (Å²) in [4.78, 5) is 5.50. The molecule has 0 aliphatic rings. The molecule has 0 aliphatic heterocycles. The Kier molecular flexibility index (Phi) is 4.84. The van der Waals surface area contributed by atoms with Crippen LogP contribution < -0.4 is 5.32 Å². The molecule has 0 spiro atoms. The van der Waals surface area contributed by atoms with Gasteiger partial charge in [0.05, 0.1) is 11.2 Å². The van der Waals surface area contributed by atoms with Crippen molar-refractivity contribution in [2.75, 3.05) is 13.1 Å². The molecule has 0 atom stereocenters. The summed E-state index contributed by atoms with van der Waals surface area (Å²) in [5.74, 6) is 0. The molecule has 0 fully saturated rings. The van der Waals surface area contributed by atoms with Gasteiger partial charge in [-0.2, -0.15) is 0 Å². The Labute approximate surface area is 90.1 Å². The number of rotatable bonds is 5. The van der Waals surface area contributed by atoms with Gasteiger partial charge in [0, 0.05) is 11.4 Å². The van der Waals surface area contributed by atoms with Crippen LogP contribution in [0.2, 0.25) is 0 Å². The van der Waals surface area contributed by atoms with E-state index < -0.39 is 0 Å². The van der Waals surface area contributed by atoms with E-state index in [0.717, 1.165) is 18.8 Å². The molecule has 0 unspecified atom stereocenters. The second-order valence-electron chi connectivity index (χ2n) is 3.47. The molecule has 1 rings (SSSR count). The second kappa shape index (κ2) is 5.94. The first-order valence-electron chi connectivity index (χ1n) is 5.02. The zero-order chi connectivity index (χ0) is 10.4. The molecule has 0 bridgehead atoms. The number of aryl methyl sites for hydroxylation is 1. The van der Waals surface area contributed by atoms with Crippen molar-refractivity contribution in [3.05, 3.63) is 21.7 Å². The van der Waals surface area contributed by atoms with Crippen molar-refractivity contribution in [3.8, 4) is 0 Å². The Bertz CT molecular complexity index is 302. The van der Waals surface area contributed by atoms with Crippen LogP contribution in [0.5, 0.6) is 0 Å². The molecular formula is C11H18N2S. The minimum Gasteiger partial charge on any atom is -0.313 e. The summed E-state index contributed by atoms with van der Waals surface area (Å²) in [6.45, 7) is 8.45. The summed E-state index contributed by atoms with van der Waals surface area (Å²) in [7, 11) is 0. The molecule has 1 aromatic rings. The highest BCUT2D eigenvalue weighted by atomic mass is 32.1. The first-order valence-corrected chi connectivity index (χ1v) is 5.90. The number of hydrogen-bond donors (Lipinski definition) is 1. The molecule has 0 radical (unpaired) electrons. The highest BCUT2D eigenvalue weighted by molar-refractivity contribution is 7.10. The van der Waals surface area contributed by atoms with Crippen LogP contribution in [0.4, 0.5) is 0 Å². The summed E-state index contributed by atoms with van der Waals surface area (Å²) >= 11 is 1.70. The van der Waals surface area contributed by atoms with E-state index in [1.54, 1.807) is 11.3 Å². The number of nitrogens with one attached hydrogen (secondary N) is 1. The van der Waals surface area contributed by atoms with Crippen LogP contribution >= 0.6 is 11.3 Å². The SMILES string of the molecule is CCCNCC(C)=Cc1scnc1C. The summed E-state index contributed by atoms with van der Waals surface area (Å²) in [6.07, 6.45) is 3.41. The largest absolute Gasteiger partial charge is 0.313 e. The molecule has 0 aliphatic carbocycles. The van der Waals surface area contributed by atoms with Gasteiger partial charge >= 0.3 is 0 Å². The standard InChI is InChI=1S/C11H18N2S/c1-4-5-12-7-9(2)6-11-10(3)13-8-14-11/h6,8,12H,4-5,7H2,1-3H3. The van der Waals surface area contributed by atoms with Gasteiger partial charge in [0.25, 0.3) is 0 Å². The molecule has 0 saturated heterocycles. The first kappa shape index (κ1) is 11.4. The number of thiazole rings is 1. The van der Waals surface area contributed by atoms with Gasteiger partial charge < -0.3 is 5.32 Å². The van der Waals surface area contributed by atoms with Crippen molar-refractivity contribution in [2.45, 2.75) is 27.2 Å². The Morgan fingerprint density at radius 1 is 1.64 bits per heavy atom. The fourth-order valence-corrected chi connectivity index (χ4v) is 2.00. The van der Waals surface area contributed by atoms with Gasteiger partial charge in [-0.3, -0.25) is 0 Å². The molecule has 14 heavy (non-hydrogen) atoms. The third-order valence-electron chi connectivity index (χ3n) is 1.99. The maximum absolute atomic E-state index is 4.22. The van der Waals surface area contributed by atoms with Gasteiger partial charge in [-0.25, -0.2) is 4.98 Å². The van der Waals surface area contributed by atoms with Crippen molar-refractivity contribution < 1.29 is 0 Å². The third kappa shape index (κ3) is 3.60. The maximum Gasteiger partial charge on any atom is 0.0801 e. The highest BCUT2D eigenvalue weighted by Gasteiger charge is 1.97. The minimum absolute atomic E-state index is 0.977. The lowest BCUT2D eigenvalue weighted by Gasteiger charge is -2.02. The summed E-state index contributed by atoms with van der Waals surface area (Å²) in [5, 5.41) is 3.38. The van der Waals surface area contributed by atoms with Crippen LogP contribution in [0.25, 0.3) is 6.08 Å². The van der Waals surface area contributed by atoms with E-state index in [1.165, 1.54) is 16.9 Å². The molecular weight excluding hydrogens is 192 g/mol. The van der Waals surface area contributed by atoms with Crippen molar-refractivity contribution in [3.63, 3.8) is 0 Å². The van der Waals surface area contributed by atoms with E-state index in [0.29, 0.717) is 0 Å². The minimum atomic E-state index is 0.977. The van der Waals surface area contributed by atoms with E-state index in [4.69, 9.17) is 0 Å². The van der Waals surface area contributed by atoms with Crippen molar-refractivity contribution in [2.24, 2.45) is 0 Å². The second-order valence-corrected chi connectivity index (χ2v) is 4.36. The maximum atomic E-state index is 4.22. The summed E-state index contributed by atoms with van der Waals surface area (Å²) in [5.41, 5.74) is 4.39. The zero-order valence-electron chi connectivity index (χ0n) is 9.13. The molecule has 2 nitrogen and oxygen atoms in total. The zero-order valence-corrected chi connectivity index (χ0v) is 9.95. The average Bonchev–Trinajstić information content (AvgIpc) is 2.52. The molecule has 1 heterocycles. The topological polar surface area (TPSA) is 24.9 Å². The Morgan fingerprint density at radius 3 is 3.00 bits per heavy atom. The van der Waals surface area contributed by atoms with E-state index >= 15 is 0 Å². The molecule has 3 heteroatoms. The lowest BCUT2D eigenvalue weighted by atomic mass is 10.2. The molecule has 1 aromatic heterocycles. The summed E-state index contributed by atoms with van der Waals surface area (Å²) < 4.78 is 0. The predicted octanol–water partition coefficient (Wildman–Crippen LogP) is 2.85. The Morgan fingerprint density at radius 2 is 2.43 bits per heavy atom. The van der Waals surface area contributed by atoms with E-state index in [1.807, 2.05) is 5.51 Å². The monoisotopic (exact) mass is 210 g/mol. The van der Waals surface area contributed by atoms with Crippen LogP contribution in [0.15, 0.2) is 11.1 Å². The quantitative estimate of drug-likeness (QED) is 0.756. The van der Waals surface area contributed by atoms with Crippen molar-refractivity contribution in [1.29, 1.82) is 0 Å². The van der Waals surface area contributed by atoms with Crippen LogP contribution in [-0.2, 0) is 0 Å². The van der Waals surface area contributed by atoms with Crippen LogP contribution in [0.1, 0.15) is 30.8 Å². The van der Waals surface area contributed by atoms with Crippen LogP contribution in [0.3, 0.4) is 0 Å². The summed E-state index contributed by atoms with van der Waals surface area (Å²) in [6, 6.07) is 0. The lowest BCUT2D eigenvalue weighted by molar-refractivity contribution is 0.715. The smallest absolute Gasteiger partial charge is 0.0801 e. The number of aromatic nitrogens is 1. The number of nitrogens with zero attached hydrogens (tertiary/aromatic N) is 1. The number of hydrogen-bond acceptors (Lipinski definition) is 3. The van der Waals surface area contributed by atoms with Gasteiger partial charge in [-0.1, -0.05) is 12.5 Å². The Balaban J connectivity index is 2.47. The molecule has 1 N–H and O–H groups in total. The fourth-order valence-electron chi connectivity index (χ4n) is 1.19. The fraction of sp³-hybridized carbons (Fsp3) is 0.545. The highest BCUT2D eigenvalue weighted by Crippen LogP contribution is 2.15. The molecule has 0 amide bonds. The van der Waals surface area contributed by atoms with Crippen LogP contribution in [-0.4, -0.2) is 18.1 Å². The average molecular weight is 210 g/mol. The van der Waals surface area contributed by atoms with Gasteiger partial charge in [0.2, 0.25) is 0 Å². The van der Waals surface area contributed by atoms with Crippen LogP contribution in [0, 0.1) is 6.92 Å². The Hall–Kier alpha value is -0.670. The van der Waals surface area contributed by atoms with E-state index in [2.05, 4.69) is 37.1 Å². The lowest BCUT2D eigenvalue weighted by Crippen LogP contribution is -2.16. The first-order chi connectivity index (χ1) is 6.74. The third-order valence-corrected chi connectivity index (χ3v) is 2.87. The van der Waals surface area contributed by atoms with Crippen molar-refractivity contribution in [1.82, 2.24) is 10.3 Å². The van der Waals surface area contributed by atoms with Crippen molar-refractivity contribution >= 4 is 17.4 Å². The molecule has 0 saturated carbocycles. The van der Waals surface area contributed by atoms with Gasteiger partial charge in [0.1, 0.15) is 0 Å². The molecule has 78 valence electrons. The molecule has 0 aromatic carbocycles. The normalized spacial score (nSPS) is 12.1. The van der Waals surface area contributed by atoms with Gasteiger partial charge in [0.15, 0.2) is 0 Å². The van der Waals surface area contributed by atoms with Gasteiger partial charge in [-0.05, 0) is 32.9 Å². The predicted molar refractivity (Wildman–Crippen MR) is 63.7 cm³/mol. The van der Waals surface area contributed by atoms with Gasteiger partial charge in [-0.15, -0.1) is 11.3 Å². The van der Waals surface area contributed by atoms with E-state index in [9.17, 15) is 0 Å².